The maximum absolute atomic E-state index is 11.9. The molecule has 2 heterocycles. The Morgan fingerprint density at radius 3 is 2.75 bits per heavy atom. The van der Waals surface area contributed by atoms with E-state index >= 15 is 0 Å². The van der Waals surface area contributed by atoms with Crippen LogP contribution < -0.4 is 5.73 Å². The van der Waals surface area contributed by atoms with E-state index in [1.807, 2.05) is 0 Å². The minimum atomic E-state index is -0.649. The van der Waals surface area contributed by atoms with Gasteiger partial charge in [-0.2, -0.15) is 5.10 Å². The highest BCUT2D eigenvalue weighted by molar-refractivity contribution is 5.93. The van der Waals surface area contributed by atoms with Crippen LogP contribution in [0, 0.1) is 0 Å². The van der Waals surface area contributed by atoms with Crippen LogP contribution >= 0.6 is 0 Å². The second kappa shape index (κ2) is 3.79. The van der Waals surface area contributed by atoms with E-state index in [1.165, 1.54) is 6.07 Å². The van der Waals surface area contributed by atoms with E-state index in [9.17, 15) is 9.90 Å². The fraction of sp³-hybridized carbons (Fsp3) is 0.600. The van der Waals surface area contributed by atoms with Crippen molar-refractivity contribution in [3.8, 4) is 0 Å². The summed E-state index contributed by atoms with van der Waals surface area (Å²) in [7, 11) is 0. The van der Waals surface area contributed by atoms with Crippen LogP contribution in [0.25, 0.3) is 0 Å². The van der Waals surface area contributed by atoms with Crippen molar-refractivity contribution in [3.63, 3.8) is 0 Å². The van der Waals surface area contributed by atoms with Gasteiger partial charge in [-0.25, -0.2) is 0 Å². The standard InChI is InChI=1S/C10H16N4O2/c1-10(16)2-4-14(5-3-10)9(15)7-6-8(11)13-12-7/h6,16H,2-5H2,1H3,(H3,11,12,13). The van der Waals surface area contributed by atoms with Gasteiger partial charge in [-0.3, -0.25) is 9.89 Å². The molecule has 16 heavy (non-hydrogen) atoms. The summed E-state index contributed by atoms with van der Waals surface area (Å²) in [5.74, 6) is 0.201. The lowest BCUT2D eigenvalue weighted by molar-refractivity contribution is -0.00219. The molecule has 0 aromatic carbocycles. The number of H-pyrrole nitrogens is 1. The van der Waals surface area contributed by atoms with Crippen molar-refractivity contribution in [2.24, 2.45) is 0 Å². The van der Waals surface area contributed by atoms with Gasteiger partial charge in [0.05, 0.1) is 5.60 Å². The Balaban J connectivity index is 2.02. The smallest absolute Gasteiger partial charge is 0.271 e. The highest BCUT2D eigenvalue weighted by Crippen LogP contribution is 2.22. The molecule has 6 nitrogen and oxygen atoms in total. The lowest BCUT2D eigenvalue weighted by Crippen LogP contribution is -2.45. The molecule has 4 N–H and O–H groups in total. The first-order chi connectivity index (χ1) is 7.48. The first-order valence-corrected chi connectivity index (χ1v) is 5.30. The number of amides is 1. The van der Waals surface area contributed by atoms with Gasteiger partial charge in [0.1, 0.15) is 11.5 Å². The molecule has 0 saturated carbocycles. The Morgan fingerprint density at radius 1 is 1.62 bits per heavy atom. The zero-order valence-electron chi connectivity index (χ0n) is 9.23. The molecule has 0 spiro atoms. The molecule has 1 fully saturated rings. The molecular weight excluding hydrogens is 208 g/mol. The van der Waals surface area contributed by atoms with Gasteiger partial charge >= 0.3 is 0 Å². The summed E-state index contributed by atoms with van der Waals surface area (Å²) >= 11 is 0. The van der Waals surface area contributed by atoms with Crippen LogP contribution in [0.3, 0.4) is 0 Å². The zero-order valence-corrected chi connectivity index (χ0v) is 9.23. The highest BCUT2D eigenvalue weighted by Gasteiger charge is 2.30. The zero-order chi connectivity index (χ0) is 11.8. The maximum Gasteiger partial charge on any atom is 0.271 e. The van der Waals surface area contributed by atoms with E-state index in [4.69, 9.17) is 5.73 Å². The monoisotopic (exact) mass is 224 g/mol. The van der Waals surface area contributed by atoms with Gasteiger partial charge in [0.15, 0.2) is 0 Å². The van der Waals surface area contributed by atoms with Gasteiger partial charge in [0.2, 0.25) is 0 Å². The Labute approximate surface area is 93.4 Å². The van der Waals surface area contributed by atoms with Crippen LogP contribution in [-0.4, -0.2) is 44.8 Å². The minimum absolute atomic E-state index is 0.111. The molecule has 6 heteroatoms. The quantitative estimate of drug-likeness (QED) is 0.624. The number of piperidine rings is 1. The fourth-order valence-electron chi connectivity index (χ4n) is 1.81. The summed E-state index contributed by atoms with van der Waals surface area (Å²) in [5, 5.41) is 16.1. The van der Waals surface area contributed by atoms with Gasteiger partial charge in [0.25, 0.3) is 5.91 Å². The Hall–Kier alpha value is -1.56. The summed E-state index contributed by atoms with van der Waals surface area (Å²) < 4.78 is 0. The number of carbonyl (C=O) groups is 1. The molecule has 1 amide bonds. The minimum Gasteiger partial charge on any atom is -0.390 e. The van der Waals surface area contributed by atoms with Gasteiger partial charge in [0, 0.05) is 19.2 Å². The third kappa shape index (κ3) is 2.16. The number of aromatic amines is 1. The first kappa shape index (κ1) is 10.9. The summed E-state index contributed by atoms with van der Waals surface area (Å²) in [6.07, 6.45) is 1.20. The molecule has 1 aliphatic heterocycles. The van der Waals surface area contributed by atoms with Gasteiger partial charge in [-0.1, -0.05) is 0 Å². The number of anilines is 1. The number of nitrogen functional groups attached to an aromatic ring is 1. The predicted octanol–water partition coefficient (Wildman–Crippen LogP) is -0.0211. The number of nitrogens with one attached hydrogen (secondary N) is 1. The molecule has 88 valence electrons. The molecule has 1 aliphatic rings. The SMILES string of the molecule is CC1(O)CCN(C(=O)c2cc(N)n[nH]2)CC1. The second-order valence-corrected chi connectivity index (χ2v) is 4.50. The summed E-state index contributed by atoms with van der Waals surface area (Å²) in [6.45, 7) is 2.92. The van der Waals surface area contributed by atoms with E-state index in [1.54, 1.807) is 11.8 Å². The molecule has 1 saturated heterocycles. The number of carbonyl (C=O) groups excluding carboxylic acids is 1. The third-order valence-electron chi connectivity index (χ3n) is 2.96. The number of rotatable bonds is 1. The van der Waals surface area contributed by atoms with Crippen LogP contribution in [0.1, 0.15) is 30.3 Å². The van der Waals surface area contributed by atoms with Crippen molar-refractivity contribution in [1.29, 1.82) is 0 Å². The van der Waals surface area contributed by atoms with E-state index in [0.29, 0.717) is 37.4 Å². The molecule has 0 aliphatic carbocycles. The predicted molar refractivity (Wildman–Crippen MR) is 58.8 cm³/mol. The Kier molecular flexibility index (Phi) is 2.59. The normalized spacial score (nSPS) is 19.8. The number of nitrogens with two attached hydrogens (primary N) is 1. The molecular formula is C10H16N4O2. The van der Waals surface area contributed by atoms with Crippen LogP contribution in [0.4, 0.5) is 5.82 Å². The van der Waals surface area contributed by atoms with Gasteiger partial charge in [-0.05, 0) is 19.8 Å². The van der Waals surface area contributed by atoms with Crippen molar-refractivity contribution in [1.82, 2.24) is 15.1 Å². The molecule has 1 aromatic heterocycles. The topological polar surface area (TPSA) is 95.2 Å². The largest absolute Gasteiger partial charge is 0.390 e. The van der Waals surface area contributed by atoms with Crippen LogP contribution in [0.15, 0.2) is 6.07 Å². The lowest BCUT2D eigenvalue weighted by Gasteiger charge is -2.35. The number of aliphatic hydroxyl groups is 1. The highest BCUT2D eigenvalue weighted by atomic mass is 16.3. The van der Waals surface area contributed by atoms with E-state index < -0.39 is 5.60 Å². The van der Waals surface area contributed by atoms with Gasteiger partial charge < -0.3 is 15.7 Å². The molecule has 2 rings (SSSR count). The Morgan fingerprint density at radius 2 is 2.25 bits per heavy atom. The third-order valence-corrected chi connectivity index (χ3v) is 2.96. The molecule has 1 aromatic rings. The second-order valence-electron chi connectivity index (χ2n) is 4.50. The van der Waals surface area contributed by atoms with Crippen molar-refractivity contribution in [3.05, 3.63) is 11.8 Å². The number of likely N-dealkylation sites (tertiary alicyclic amines) is 1. The maximum atomic E-state index is 11.9. The van der Waals surface area contributed by atoms with Crippen molar-refractivity contribution >= 4 is 11.7 Å². The Bertz CT molecular complexity index is 389. The van der Waals surface area contributed by atoms with E-state index in [0.717, 1.165) is 0 Å². The van der Waals surface area contributed by atoms with E-state index in [2.05, 4.69) is 10.2 Å². The van der Waals surface area contributed by atoms with Crippen molar-refractivity contribution in [2.45, 2.75) is 25.4 Å². The summed E-state index contributed by atoms with van der Waals surface area (Å²) in [6, 6.07) is 1.52. The van der Waals surface area contributed by atoms with Crippen LogP contribution in [-0.2, 0) is 0 Å². The average Bonchev–Trinajstić information content (AvgIpc) is 2.64. The first-order valence-electron chi connectivity index (χ1n) is 5.30. The molecule has 0 radical (unpaired) electrons. The number of nitrogens with zero attached hydrogens (tertiary/aromatic N) is 2. The fourth-order valence-corrected chi connectivity index (χ4v) is 1.81. The summed E-state index contributed by atoms with van der Waals surface area (Å²) in [4.78, 5) is 13.6. The van der Waals surface area contributed by atoms with Crippen molar-refractivity contribution in [2.75, 3.05) is 18.8 Å². The molecule has 0 atom stereocenters. The number of aromatic nitrogens is 2. The number of hydrogen-bond acceptors (Lipinski definition) is 4. The number of hydrogen-bond donors (Lipinski definition) is 3. The van der Waals surface area contributed by atoms with Crippen LogP contribution in [0.2, 0.25) is 0 Å². The van der Waals surface area contributed by atoms with Crippen LogP contribution in [0.5, 0.6) is 0 Å². The molecule has 0 unspecified atom stereocenters. The van der Waals surface area contributed by atoms with Crippen molar-refractivity contribution < 1.29 is 9.90 Å². The lowest BCUT2D eigenvalue weighted by atomic mass is 9.94. The average molecular weight is 224 g/mol. The van der Waals surface area contributed by atoms with E-state index in [-0.39, 0.29) is 5.91 Å². The molecule has 0 bridgehead atoms. The summed E-state index contributed by atoms with van der Waals surface area (Å²) in [5.41, 5.74) is 5.19. The van der Waals surface area contributed by atoms with Gasteiger partial charge in [-0.15, -0.1) is 0 Å².